The van der Waals surface area contributed by atoms with E-state index in [-0.39, 0.29) is 18.7 Å². The minimum Gasteiger partial charge on any atom is -0.445 e. The Labute approximate surface area is 147 Å². The van der Waals surface area contributed by atoms with Gasteiger partial charge in [0, 0.05) is 30.4 Å². The summed E-state index contributed by atoms with van der Waals surface area (Å²) >= 11 is 0. The molecule has 1 heterocycles. The van der Waals surface area contributed by atoms with Crippen molar-refractivity contribution in [3.05, 3.63) is 65.7 Å². The number of carbonyl (C=O) groups excluding carboxylic acids is 2. The molecule has 5 heteroatoms. The number of aldehydes is 1. The van der Waals surface area contributed by atoms with E-state index in [1.165, 1.54) is 0 Å². The van der Waals surface area contributed by atoms with Crippen molar-refractivity contribution in [1.29, 1.82) is 0 Å². The molecule has 1 aliphatic rings. The summed E-state index contributed by atoms with van der Waals surface area (Å²) < 4.78 is 5.27. The highest BCUT2D eigenvalue weighted by Crippen LogP contribution is 2.20. The second-order valence-electron chi connectivity index (χ2n) is 6.18. The summed E-state index contributed by atoms with van der Waals surface area (Å²) in [6.45, 7) is 2.02. The lowest BCUT2D eigenvalue weighted by atomic mass is 10.0. The summed E-state index contributed by atoms with van der Waals surface area (Å²) in [4.78, 5) is 24.9. The van der Waals surface area contributed by atoms with Crippen molar-refractivity contribution in [1.82, 2.24) is 5.32 Å². The second kappa shape index (κ2) is 8.33. The number of carbonyl (C=O) groups is 2. The first-order chi connectivity index (χ1) is 12.2. The van der Waals surface area contributed by atoms with Gasteiger partial charge >= 0.3 is 6.09 Å². The maximum atomic E-state index is 11.9. The smallest absolute Gasteiger partial charge is 0.407 e. The number of rotatable bonds is 5. The fraction of sp³-hybridized carbons (Fsp3) is 0.300. The van der Waals surface area contributed by atoms with Gasteiger partial charge in [-0.1, -0.05) is 30.3 Å². The maximum Gasteiger partial charge on any atom is 0.407 e. The number of benzene rings is 2. The van der Waals surface area contributed by atoms with Gasteiger partial charge in [-0.25, -0.2) is 4.79 Å². The lowest BCUT2D eigenvalue weighted by molar-refractivity contribution is 0.112. The first-order valence-corrected chi connectivity index (χ1v) is 8.52. The van der Waals surface area contributed by atoms with Gasteiger partial charge in [0.05, 0.1) is 0 Å². The maximum absolute atomic E-state index is 11.9. The molecule has 0 unspecified atom stereocenters. The summed E-state index contributed by atoms with van der Waals surface area (Å²) in [7, 11) is 0. The van der Waals surface area contributed by atoms with E-state index in [1.54, 1.807) is 0 Å². The zero-order chi connectivity index (χ0) is 17.5. The van der Waals surface area contributed by atoms with Crippen LogP contribution in [0.3, 0.4) is 0 Å². The Morgan fingerprint density at radius 2 is 1.76 bits per heavy atom. The van der Waals surface area contributed by atoms with Crippen LogP contribution in [0.25, 0.3) is 0 Å². The predicted octanol–water partition coefficient (Wildman–Crippen LogP) is 3.39. The third-order valence-electron chi connectivity index (χ3n) is 4.42. The van der Waals surface area contributed by atoms with Crippen molar-refractivity contribution < 1.29 is 14.3 Å². The highest BCUT2D eigenvalue weighted by Gasteiger charge is 2.21. The van der Waals surface area contributed by atoms with Crippen molar-refractivity contribution in [2.75, 3.05) is 18.0 Å². The zero-order valence-electron chi connectivity index (χ0n) is 14.1. The molecule has 2 aromatic carbocycles. The van der Waals surface area contributed by atoms with Gasteiger partial charge in [0.15, 0.2) is 0 Å². The van der Waals surface area contributed by atoms with Crippen LogP contribution in [-0.2, 0) is 11.3 Å². The molecule has 1 N–H and O–H groups in total. The van der Waals surface area contributed by atoms with Gasteiger partial charge in [-0.3, -0.25) is 4.79 Å². The van der Waals surface area contributed by atoms with Crippen molar-refractivity contribution in [2.24, 2.45) is 0 Å². The van der Waals surface area contributed by atoms with Crippen molar-refractivity contribution in [3.8, 4) is 0 Å². The molecule has 0 aliphatic carbocycles. The van der Waals surface area contributed by atoms with Crippen LogP contribution in [-0.4, -0.2) is 31.5 Å². The van der Waals surface area contributed by atoms with Gasteiger partial charge in [0.2, 0.25) is 0 Å². The van der Waals surface area contributed by atoms with E-state index in [2.05, 4.69) is 10.2 Å². The number of anilines is 1. The van der Waals surface area contributed by atoms with Crippen LogP contribution in [0.4, 0.5) is 10.5 Å². The molecule has 3 rings (SSSR count). The Balaban J connectivity index is 1.42. The fourth-order valence-corrected chi connectivity index (χ4v) is 2.98. The number of hydrogen-bond donors (Lipinski definition) is 1. The molecular weight excluding hydrogens is 316 g/mol. The number of nitrogens with zero attached hydrogens (tertiary/aromatic N) is 1. The van der Waals surface area contributed by atoms with Crippen LogP contribution in [0.15, 0.2) is 54.6 Å². The molecule has 0 radical (unpaired) electrons. The Hall–Kier alpha value is -2.82. The molecule has 5 nitrogen and oxygen atoms in total. The van der Waals surface area contributed by atoms with Crippen LogP contribution in [0.5, 0.6) is 0 Å². The summed E-state index contributed by atoms with van der Waals surface area (Å²) in [5.41, 5.74) is 2.77. The van der Waals surface area contributed by atoms with E-state index in [0.717, 1.165) is 43.5 Å². The van der Waals surface area contributed by atoms with E-state index < -0.39 is 0 Å². The van der Waals surface area contributed by atoms with Crippen LogP contribution in [0.1, 0.15) is 28.8 Å². The minimum atomic E-state index is -0.363. The molecule has 130 valence electrons. The normalized spacial score (nSPS) is 14.8. The molecule has 0 saturated carbocycles. The number of hydrogen-bond acceptors (Lipinski definition) is 4. The third-order valence-corrected chi connectivity index (χ3v) is 4.42. The summed E-state index contributed by atoms with van der Waals surface area (Å²) in [6.07, 6.45) is 2.23. The molecule has 2 aromatic rings. The molecular formula is C20H22N2O3. The molecule has 1 amide bonds. The Kier molecular flexibility index (Phi) is 5.67. The second-order valence-corrected chi connectivity index (χ2v) is 6.18. The molecule has 25 heavy (non-hydrogen) atoms. The number of ether oxygens (including phenoxy) is 1. The average Bonchev–Trinajstić information content (AvgIpc) is 2.68. The largest absolute Gasteiger partial charge is 0.445 e. The van der Waals surface area contributed by atoms with Crippen molar-refractivity contribution in [3.63, 3.8) is 0 Å². The fourth-order valence-electron chi connectivity index (χ4n) is 2.98. The van der Waals surface area contributed by atoms with Gasteiger partial charge in [0.25, 0.3) is 0 Å². The van der Waals surface area contributed by atoms with Gasteiger partial charge in [-0.2, -0.15) is 0 Å². The molecule has 1 aliphatic heterocycles. The molecule has 0 bridgehead atoms. The Morgan fingerprint density at radius 1 is 1.08 bits per heavy atom. The molecule has 0 aromatic heterocycles. The average molecular weight is 338 g/mol. The monoisotopic (exact) mass is 338 g/mol. The summed E-state index contributed by atoms with van der Waals surface area (Å²) in [5.74, 6) is 0. The first kappa shape index (κ1) is 17.0. The van der Waals surface area contributed by atoms with Gasteiger partial charge in [0.1, 0.15) is 12.9 Å². The van der Waals surface area contributed by atoms with Crippen LogP contribution in [0.2, 0.25) is 0 Å². The molecule has 0 spiro atoms. The van der Waals surface area contributed by atoms with E-state index in [1.807, 2.05) is 54.6 Å². The van der Waals surface area contributed by atoms with Crippen molar-refractivity contribution in [2.45, 2.75) is 25.5 Å². The summed E-state index contributed by atoms with van der Waals surface area (Å²) in [6, 6.07) is 17.4. The van der Waals surface area contributed by atoms with Crippen molar-refractivity contribution >= 4 is 18.1 Å². The summed E-state index contributed by atoms with van der Waals surface area (Å²) in [5, 5.41) is 2.95. The number of piperidine rings is 1. The first-order valence-electron chi connectivity index (χ1n) is 8.52. The minimum absolute atomic E-state index is 0.133. The van der Waals surface area contributed by atoms with Crippen LogP contribution < -0.4 is 10.2 Å². The van der Waals surface area contributed by atoms with Crippen LogP contribution in [0, 0.1) is 0 Å². The topological polar surface area (TPSA) is 58.6 Å². The molecule has 1 fully saturated rings. The standard InChI is InChI=1S/C20H22N2O3/c23-14-16-6-8-19(9-7-16)22-12-10-18(11-13-22)21-20(24)25-15-17-4-2-1-3-5-17/h1-9,14,18H,10-13,15H2,(H,21,24). The highest BCUT2D eigenvalue weighted by molar-refractivity contribution is 5.75. The van der Waals surface area contributed by atoms with Crippen LogP contribution >= 0.6 is 0 Å². The number of nitrogens with one attached hydrogen (secondary N) is 1. The molecule has 0 atom stereocenters. The quantitative estimate of drug-likeness (QED) is 0.849. The van der Waals surface area contributed by atoms with E-state index in [9.17, 15) is 9.59 Å². The Morgan fingerprint density at radius 3 is 2.40 bits per heavy atom. The molecule has 1 saturated heterocycles. The lowest BCUT2D eigenvalue weighted by Crippen LogP contribution is -2.44. The van der Waals surface area contributed by atoms with Gasteiger partial charge in [-0.15, -0.1) is 0 Å². The predicted molar refractivity (Wildman–Crippen MR) is 96.8 cm³/mol. The zero-order valence-corrected chi connectivity index (χ0v) is 14.1. The Bertz CT molecular complexity index is 693. The number of alkyl carbamates (subject to hydrolysis) is 1. The third kappa shape index (κ3) is 4.83. The van der Waals surface area contributed by atoms with E-state index >= 15 is 0 Å². The van der Waals surface area contributed by atoms with E-state index in [4.69, 9.17) is 4.74 Å². The SMILES string of the molecule is O=Cc1ccc(N2CCC(NC(=O)OCc3ccccc3)CC2)cc1. The highest BCUT2D eigenvalue weighted by atomic mass is 16.5. The number of amides is 1. The van der Waals surface area contributed by atoms with E-state index in [0.29, 0.717) is 5.56 Å². The van der Waals surface area contributed by atoms with Gasteiger partial charge < -0.3 is 15.0 Å². The lowest BCUT2D eigenvalue weighted by Gasteiger charge is -2.33. The van der Waals surface area contributed by atoms with Gasteiger partial charge in [-0.05, 0) is 42.7 Å².